The quantitative estimate of drug-likeness (QED) is 0.398. The van der Waals surface area contributed by atoms with E-state index in [2.05, 4.69) is 10.1 Å². The highest BCUT2D eigenvalue weighted by molar-refractivity contribution is 6.11. The number of ketones is 1. The van der Waals surface area contributed by atoms with Crippen LogP contribution >= 0.6 is 0 Å². The molecule has 0 radical (unpaired) electrons. The van der Waals surface area contributed by atoms with E-state index in [0.29, 0.717) is 34.1 Å². The Morgan fingerprint density at radius 1 is 0.972 bits per heavy atom. The third-order valence-electron chi connectivity index (χ3n) is 5.68. The van der Waals surface area contributed by atoms with E-state index in [1.165, 1.54) is 7.11 Å². The molecule has 0 aliphatic heterocycles. The number of nitrogens with one attached hydrogen (secondary N) is 1. The molecular formula is C27H26N4O5. The number of nitrogens with zero attached hydrogens (tertiary/aromatic N) is 3. The fourth-order valence-electron chi connectivity index (χ4n) is 3.86. The summed E-state index contributed by atoms with van der Waals surface area (Å²) in [6, 6.07) is 15.9. The van der Waals surface area contributed by atoms with Crippen molar-refractivity contribution in [1.29, 1.82) is 0 Å². The lowest BCUT2D eigenvalue weighted by molar-refractivity contribution is 0.103. The summed E-state index contributed by atoms with van der Waals surface area (Å²) < 4.78 is 12.7. The van der Waals surface area contributed by atoms with Crippen LogP contribution in [0.1, 0.15) is 27.0 Å². The number of aryl methyl sites for hydroxylation is 2. The molecule has 36 heavy (non-hydrogen) atoms. The Morgan fingerprint density at radius 2 is 1.64 bits per heavy atom. The molecule has 0 fully saturated rings. The third-order valence-corrected chi connectivity index (χ3v) is 5.68. The molecule has 0 saturated carbocycles. The lowest BCUT2D eigenvalue weighted by atomic mass is 10.0. The monoisotopic (exact) mass is 486 g/mol. The Hall–Kier alpha value is -4.66. The van der Waals surface area contributed by atoms with Gasteiger partial charge in [-0.3, -0.25) is 14.6 Å². The fourth-order valence-corrected chi connectivity index (χ4v) is 3.86. The van der Waals surface area contributed by atoms with Crippen LogP contribution in [-0.2, 0) is 0 Å². The molecule has 0 bridgehead atoms. The zero-order valence-electron chi connectivity index (χ0n) is 20.7. The van der Waals surface area contributed by atoms with E-state index in [-0.39, 0.29) is 5.78 Å². The number of anilines is 1. The van der Waals surface area contributed by atoms with E-state index in [9.17, 15) is 14.4 Å². The maximum atomic E-state index is 13.3. The number of rotatable bonds is 7. The van der Waals surface area contributed by atoms with Crippen molar-refractivity contribution < 1.29 is 14.3 Å². The van der Waals surface area contributed by atoms with Crippen molar-refractivity contribution in [3.05, 3.63) is 104 Å². The summed E-state index contributed by atoms with van der Waals surface area (Å²) in [6.07, 6.45) is 1.04. The number of aromatic nitrogens is 3. The molecule has 1 aromatic heterocycles. The summed E-state index contributed by atoms with van der Waals surface area (Å²) in [4.78, 5) is 40.9. The topological polar surface area (TPSA) is 107 Å². The zero-order valence-corrected chi connectivity index (χ0v) is 20.7. The predicted octanol–water partition coefficient (Wildman–Crippen LogP) is 3.64. The van der Waals surface area contributed by atoms with Crippen molar-refractivity contribution in [1.82, 2.24) is 14.8 Å². The van der Waals surface area contributed by atoms with Crippen molar-refractivity contribution in [3.63, 3.8) is 0 Å². The van der Waals surface area contributed by atoms with E-state index < -0.39 is 11.2 Å². The highest BCUT2D eigenvalue weighted by Crippen LogP contribution is 2.34. The summed E-state index contributed by atoms with van der Waals surface area (Å²) in [6.45, 7) is 3.68. The standard InChI is InChI=1S/C27H26N4O5/c1-16-12-20(31-27(34)29-24(32)15-28-31)13-17(2)26(16)36-21-10-11-23(35-5)22(14-21)25(33)18-6-8-19(9-7-18)30(3)4/h6-15H,1-5H3,(H,29,32,34). The molecule has 3 aromatic carbocycles. The number of methoxy groups -OCH3 is 1. The summed E-state index contributed by atoms with van der Waals surface area (Å²) in [5.41, 5.74) is 2.68. The van der Waals surface area contributed by atoms with Gasteiger partial charge in [-0.1, -0.05) is 0 Å². The van der Waals surface area contributed by atoms with E-state index in [1.807, 2.05) is 45.0 Å². The molecule has 0 spiro atoms. The highest BCUT2D eigenvalue weighted by atomic mass is 16.5. The smallest absolute Gasteiger partial charge is 0.349 e. The van der Waals surface area contributed by atoms with Gasteiger partial charge in [-0.25, -0.2) is 4.79 Å². The maximum Gasteiger partial charge on any atom is 0.349 e. The second kappa shape index (κ2) is 9.91. The van der Waals surface area contributed by atoms with Crippen molar-refractivity contribution >= 4 is 11.5 Å². The maximum absolute atomic E-state index is 13.3. The number of carbonyl (C=O) groups excluding carboxylic acids is 1. The molecule has 0 aliphatic carbocycles. The molecule has 0 atom stereocenters. The van der Waals surface area contributed by atoms with Crippen LogP contribution in [0.4, 0.5) is 5.69 Å². The number of hydrogen-bond donors (Lipinski definition) is 1. The molecule has 4 rings (SSSR count). The van der Waals surface area contributed by atoms with Crippen LogP contribution in [0.15, 0.2) is 70.4 Å². The van der Waals surface area contributed by atoms with Crippen LogP contribution in [0.3, 0.4) is 0 Å². The normalized spacial score (nSPS) is 10.7. The molecule has 0 aliphatic rings. The minimum atomic E-state index is -0.633. The number of ether oxygens (including phenoxy) is 2. The first-order valence-electron chi connectivity index (χ1n) is 11.2. The largest absolute Gasteiger partial charge is 0.496 e. The Kier molecular flexibility index (Phi) is 6.73. The molecule has 1 N–H and O–H groups in total. The molecule has 9 nitrogen and oxygen atoms in total. The predicted molar refractivity (Wildman–Crippen MR) is 137 cm³/mol. The Morgan fingerprint density at radius 3 is 2.22 bits per heavy atom. The molecule has 0 amide bonds. The number of aromatic amines is 1. The Balaban J connectivity index is 1.67. The molecule has 4 aromatic rings. The lowest BCUT2D eigenvalue weighted by Gasteiger charge is -2.16. The van der Waals surface area contributed by atoms with Gasteiger partial charge in [0.05, 0.1) is 18.4 Å². The third kappa shape index (κ3) is 4.90. The van der Waals surface area contributed by atoms with E-state index in [0.717, 1.165) is 27.7 Å². The Labute approximate surface area is 207 Å². The summed E-state index contributed by atoms with van der Waals surface area (Å²) in [5, 5.41) is 3.90. The van der Waals surface area contributed by atoms with Crippen molar-refractivity contribution in [2.75, 3.05) is 26.1 Å². The fraction of sp³-hybridized carbons (Fsp3) is 0.185. The van der Waals surface area contributed by atoms with Crippen LogP contribution in [0.25, 0.3) is 5.69 Å². The minimum absolute atomic E-state index is 0.185. The summed E-state index contributed by atoms with van der Waals surface area (Å²) >= 11 is 0. The molecule has 184 valence electrons. The average molecular weight is 487 g/mol. The number of hydrogen-bond acceptors (Lipinski definition) is 7. The van der Waals surface area contributed by atoms with Crippen LogP contribution in [0.2, 0.25) is 0 Å². The molecule has 0 saturated heterocycles. The van der Waals surface area contributed by atoms with Gasteiger partial charge in [-0.2, -0.15) is 9.78 Å². The first-order chi connectivity index (χ1) is 17.2. The van der Waals surface area contributed by atoms with E-state index >= 15 is 0 Å². The van der Waals surface area contributed by atoms with Gasteiger partial charge in [0.15, 0.2) is 5.78 Å². The second-order valence-electron chi connectivity index (χ2n) is 8.49. The van der Waals surface area contributed by atoms with Crippen LogP contribution in [0.5, 0.6) is 17.2 Å². The average Bonchev–Trinajstić information content (AvgIpc) is 2.85. The van der Waals surface area contributed by atoms with Gasteiger partial charge in [0, 0.05) is 25.3 Å². The van der Waals surface area contributed by atoms with Gasteiger partial charge in [-0.05, 0) is 79.6 Å². The van der Waals surface area contributed by atoms with Gasteiger partial charge < -0.3 is 14.4 Å². The van der Waals surface area contributed by atoms with Crippen LogP contribution in [-0.4, -0.2) is 41.8 Å². The summed E-state index contributed by atoms with van der Waals surface area (Å²) in [5.74, 6) is 1.30. The van der Waals surface area contributed by atoms with Crippen molar-refractivity contribution in [2.24, 2.45) is 0 Å². The minimum Gasteiger partial charge on any atom is -0.496 e. The SMILES string of the molecule is COc1ccc(Oc2c(C)cc(-n3ncc(=O)[nH]c3=O)cc2C)cc1C(=O)c1ccc(N(C)C)cc1. The van der Waals surface area contributed by atoms with Crippen LogP contribution < -0.4 is 25.6 Å². The van der Waals surface area contributed by atoms with Gasteiger partial charge in [0.25, 0.3) is 5.56 Å². The van der Waals surface area contributed by atoms with Crippen LogP contribution in [0, 0.1) is 13.8 Å². The van der Waals surface area contributed by atoms with E-state index in [4.69, 9.17) is 9.47 Å². The van der Waals surface area contributed by atoms with Gasteiger partial charge in [0.2, 0.25) is 0 Å². The Bertz CT molecular complexity index is 1530. The van der Waals surface area contributed by atoms with Crippen molar-refractivity contribution in [3.8, 4) is 22.9 Å². The molecule has 1 heterocycles. The second-order valence-corrected chi connectivity index (χ2v) is 8.49. The number of H-pyrrole nitrogens is 1. The van der Waals surface area contributed by atoms with Gasteiger partial charge in [0.1, 0.15) is 23.4 Å². The number of carbonyl (C=O) groups is 1. The first-order valence-corrected chi connectivity index (χ1v) is 11.2. The van der Waals surface area contributed by atoms with E-state index in [1.54, 1.807) is 42.5 Å². The van der Waals surface area contributed by atoms with Crippen molar-refractivity contribution in [2.45, 2.75) is 13.8 Å². The molecule has 9 heteroatoms. The number of benzene rings is 3. The lowest BCUT2D eigenvalue weighted by Crippen LogP contribution is -2.30. The molecular weight excluding hydrogens is 460 g/mol. The molecule has 0 unspecified atom stereocenters. The highest BCUT2D eigenvalue weighted by Gasteiger charge is 2.18. The zero-order chi connectivity index (χ0) is 26.0. The summed E-state index contributed by atoms with van der Waals surface area (Å²) in [7, 11) is 5.39. The van der Waals surface area contributed by atoms with Gasteiger partial charge >= 0.3 is 5.69 Å². The van der Waals surface area contributed by atoms with Gasteiger partial charge in [-0.15, -0.1) is 0 Å². The first kappa shape index (κ1) is 24.5.